The zero-order valence-corrected chi connectivity index (χ0v) is 14.3. The fraction of sp³-hybridized carbons (Fsp3) is 0.500. The Kier molecular flexibility index (Phi) is 7.91. The summed E-state index contributed by atoms with van der Waals surface area (Å²) in [4.78, 5) is 11.8. The van der Waals surface area contributed by atoms with Gasteiger partial charge in [-0.15, -0.1) is 11.6 Å². The first-order chi connectivity index (χ1) is 10.1. The minimum atomic E-state index is -2.60. The lowest BCUT2D eigenvalue weighted by molar-refractivity contribution is -0.143. The van der Waals surface area contributed by atoms with Gasteiger partial charge in [0.15, 0.2) is 5.38 Å². The van der Waals surface area contributed by atoms with Crippen LogP contribution < -0.4 is 0 Å². The zero-order valence-electron chi connectivity index (χ0n) is 12.5. The fourth-order valence-corrected chi connectivity index (χ4v) is 3.75. The Hall–Kier alpha value is -0.923. The number of ether oxygens (including phenoxy) is 1. The molecule has 0 spiro atoms. The van der Waals surface area contributed by atoms with Gasteiger partial charge in [-0.05, 0) is 12.0 Å². The number of halogens is 1. The maximum atomic E-state index is 11.8. The van der Waals surface area contributed by atoms with E-state index in [1.807, 2.05) is 18.2 Å². The monoisotopic (exact) mass is 332 g/mol. The van der Waals surface area contributed by atoms with Crippen LogP contribution in [0.3, 0.4) is 0 Å². The highest BCUT2D eigenvalue weighted by Crippen LogP contribution is 2.22. The molecule has 1 aromatic carbocycles. The van der Waals surface area contributed by atoms with Crippen LogP contribution in [0.15, 0.2) is 30.3 Å². The van der Waals surface area contributed by atoms with Crippen molar-refractivity contribution in [3.63, 3.8) is 0 Å². The fourth-order valence-electron chi connectivity index (χ4n) is 1.85. The van der Waals surface area contributed by atoms with Crippen LogP contribution in [-0.4, -0.2) is 42.7 Å². The predicted octanol–water partition coefficient (Wildman–Crippen LogP) is 2.78. The number of esters is 1. The van der Waals surface area contributed by atoms with Crippen molar-refractivity contribution in [1.29, 1.82) is 0 Å². The van der Waals surface area contributed by atoms with Gasteiger partial charge in [0.25, 0.3) is 0 Å². The number of hydrogen-bond acceptors (Lipinski definition) is 5. The summed E-state index contributed by atoms with van der Waals surface area (Å²) in [5.41, 5.74) is 0.721. The molecule has 0 saturated heterocycles. The first kappa shape index (κ1) is 18.1. The molecule has 1 rings (SSSR count). The van der Waals surface area contributed by atoms with E-state index < -0.39 is 20.2 Å². The van der Waals surface area contributed by atoms with Crippen molar-refractivity contribution in [3.8, 4) is 0 Å². The highest BCUT2D eigenvalue weighted by Gasteiger charge is 2.37. The highest BCUT2D eigenvalue weighted by atomic mass is 35.5. The minimum absolute atomic E-state index is 0.250. The third-order valence-corrected chi connectivity index (χ3v) is 6.37. The standard InChI is InChI=1S/C14H21ClO5Si/c1-17-21(18-2,19-3)11-7-10-20-14(16)13(15)12-8-5-4-6-9-12/h4-6,8-9,13H,7,10-11H2,1-3H3. The van der Waals surface area contributed by atoms with Crippen molar-refractivity contribution in [3.05, 3.63) is 35.9 Å². The topological polar surface area (TPSA) is 54.0 Å². The molecule has 0 aliphatic heterocycles. The van der Waals surface area contributed by atoms with Crippen molar-refractivity contribution in [2.24, 2.45) is 0 Å². The maximum Gasteiger partial charge on any atom is 0.500 e. The summed E-state index contributed by atoms with van der Waals surface area (Å²) in [5.74, 6) is -0.456. The third kappa shape index (κ3) is 5.41. The molecule has 1 unspecified atom stereocenters. The van der Waals surface area contributed by atoms with Crippen LogP contribution in [0.4, 0.5) is 0 Å². The van der Waals surface area contributed by atoms with Gasteiger partial charge in [-0.25, -0.2) is 0 Å². The Balaban J connectivity index is 2.37. The number of benzene rings is 1. The molecule has 1 aromatic rings. The van der Waals surface area contributed by atoms with E-state index in [1.165, 1.54) is 0 Å². The van der Waals surface area contributed by atoms with Crippen LogP contribution in [-0.2, 0) is 22.8 Å². The number of alkyl halides is 1. The first-order valence-electron chi connectivity index (χ1n) is 6.59. The second kappa shape index (κ2) is 9.17. The maximum absolute atomic E-state index is 11.8. The van der Waals surface area contributed by atoms with E-state index in [1.54, 1.807) is 33.5 Å². The molecule has 1 atom stereocenters. The number of carbonyl (C=O) groups is 1. The molecule has 0 aliphatic carbocycles. The molecule has 0 radical (unpaired) electrons. The SMILES string of the molecule is CO[Si](CCCOC(=O)C(Cl)c1ccccc1)(OC)OC. The molecule has 21 heavy (non-hydrogen) atoms. The number of rotatable bonds is 9. The molecule has 0 saturated carbocycles. The van der Waals surface area contributed by atoms with Gasteiger partial charge in [-0.2, -0.15) is 0 Å². The van der Waals surface area contributed by atoms with Gasteiger partial charge in [0.2, 0.25) is 0 Å². The van der Waals surface area contributed by atoms with Crippen LogP contribution in [0.5, 0.6) is 0 Å². The quantitative estimate of drug-likeness (QED) is 0.301. The lowest BCUT2D eigenvalue weighted by Crippen LogP contribution is -2.42. The van der Waals surface area contributed by atoms with Crippen LogP contribution in [0.2, 0.25) is 6.04 Å². The Morgan fingerprint density at radius 1 is 1.14 bits per heavy atom. The molecule has 118 valence electrons. The molecule has 7 heteroatoms. The van der Waals surface area contributed by atoms with E-state index >= 15 is 0 Å². The van der Waals surface area contributed by atoms with E-state index in [9.17, 15) is 4.79 Å². The summed E-state index contributed by atoms with van der Waals surface area (Å²) in [6.07, 6.45) is 0.589. The molecular formula is C14H21ClO5Si. The smallest absolute Gasteiger partial charge is 0.464 e. The van der Waals surface area contributed by atoms with Crippen LogP contribution >= 0.6 is 11.6 Å². The summed E-state index contributed by atoms with van der Waals surface area (Å²) >= 11 is 6.07. The van der Waals surface area contributed by atoms with E-state index in [0.29, 0.717) is 12.5 Å². The molecule has 5 nitrogen and oxygen atoms in total. The molecule has 0 bridgehead atoms. The number of carbonyl (C=O) groups excluding carboxylic acids is 1. The summed E-state index contributed by atoms with van der Waals surface area (Å²) in [6.45, 7) is 0.250. The first-order valence-corrected chi connectivity index (χ1v) is 8.96. The molecule has 0 amide bonds. The summed E-state index contributed by atoms with van der Waals surface area (Å²) in [5, 5.41) is -0.791. The molecule has 0 aromatic heterocycles. The second-order valence-corrected chi connectivity index (χ2v) is 7.87. The average molecular weight is 333 g/mol. The van der Waals surface area contributed by atoms with Crippen molar-refractivity contribution in [2.45, 2.75) is 17.8 Å². The Labute approximate surface area is 131 Å². The molecule has 0 fully saturated rings. The van der Waals surface area contributed by atoms with E-state index in [0.717, 1.165) is 5.56 Å². The molecular weight excluding hydrogens is 312 g/mol. The average Bonchev–Trinajstić information content (AvgIpc) is 2.55. The van der Waals surface area contributed by atoms with Crippen molar-refractivity contribution >= 4 is 26.4 Å². The van der Waals surface area contributed by atoms with Crippen LogP contribution in [0.1, 0.15) is 17.4 Å². The summed E-state index contributed by atoms with van der Waals surface area (Å²) < 4.78 is 21.0. The van der Waals surface area contributed by atoms with E-state index in [4.69, 9.17) is 29.6 Å². The van der Waals surface area contributed by atoms with Gasteiger partial charge >= 0.3 is 14.8 Å². The summed E-state index contributed by atoms with van der Waals surface area (Å²) in [6, 6.07) is 9.67. The highest BCUT2D eigenvalue weighted by molar-refractivity contribution is 6.60. The van der Waals surface area contributed by atoms with Crippen molar-refractivity contribution in [2.75, 3.05) is 27.9 Å². The lowest BCUT2D eigenvalue weighted by Gasteiger charge is -2.24. The number of hydrogen-bond donors (Lipinski definition) is 0. The Morgan fingerprint density at radius 2 is 1.71 bits per heavy atom. The van der Waals surface area contributed by atoms with Gasteiger partial charge in [-0.1, -0.05) is 30.3 Å². The Morgan fingerprint density at radius 3 is 2.24 bits per heavy atom. The van der Waals surface area contributed by atoms with Gasteiger partial charge < -0.3 is 18.0 Å². The van der Waals surface area contributed by atoms with E-state index in [-0.39, 0.29) is 6.61 Å². The van der Waals surface area contributed by atoms with Gasteiger partial charge in [0, 0.05) is 27.4 Å². The van der Waals surface area contributed by atoms with Gasteiger partial charge in [0.1, 0.15) is 0 Å². The predicted molar refractivity (Wildman–Crippen MR) is 82.2 cm³/mol. The lowest BCUT2D eigenvalue weighted by atomic mass is 10.1. The third-order valence-electron chi connectivity index (χ3n) is 3.10. The molecule has 0 N–H and O–H groups in total. The van der Waals surface area contributed by atoms with Crippen molar-refractivity contribution < 1.29 is 22.8 Å². The van der Waals surface area contributed by atoms with Crippen molar-refractivity contribution in [1.82, 2.24) is 0 Å². The van der Waals surface area contributed by atoms with Crippen LogP contribution in [0.25, 0.3) is 0 Å². The zero-order chi connectivity index (χ0) is 15.7. The Bertz CT molecular complexity index is 416. The van der Waals surface area contributed by atoms with E-state index in [2.05, 4.69) is 0 Å². The molecule has 0 heterocycles. The minimum Gasteiger partial charge on any atom is -0.464 e. The van der Waals surface area contributed by atoms with Gasteiger partial charge in [0.05, 0.1) is 6.61 Å². The normalized spacial score (nSPS) is 13.0. The van der Waals surface area contributed by atoms with Crippen LogP contribution in [0, 0.1) is 0 Å². The van der Waals surface area contributed by atoms with Gasteiger partial charge in [-0.3, -0.25) is 4.79 Å². The second-order valence-electron chi connectivity index (χ2n) is 4.34. The largest absolute Gasteiger partial charge is 0.500 e. The molecule has 0 aliphatic rings. The summed E-state index contributed by atoms with van der Waals surface area (Å²) in [7, 11) is 2.05.